The summed E-state index contributed by atoms with van der Waals surface area (Å²) in [5, 5.41) is 0. The van der Waals surface area contributed by atoms with Crippen LogP contribution in [0.5, 0.6) is 5.75 Å². The van der Waals surface area contributed by atoms with Crippen molar-refractivity contribution in [1.82, 2.24) is 0 Å². The van der Waals surface area contributed by atoms with Gasteiger partial charge in [-0.05, 0) is 46.0 Å². The molecule has 0 radical (unpaired) electrons. The highest BCUT2D eigenvalue weighted by Crippen LogP contribution is 2.44. The van der Waals surface area contributed by atoms with Crippen molar-refractivity contribution < 1.29 is 14.3 Å². The van der Waals surface area contributed by atoms with E-state index in [4.69, 9.17) is 9.47 Å². The minimum Gasteiger partial charge on any atom is -0.461 e. The summed E-state index contributed by atoms with van der Waals surface area (Å²) in [4.78, 5) is 10.7. The number of hydrogen-bond donors (Lipinski definition) is 0. The Labute approximate surface area is 115 Å². The van der Waals surface area contributed by atoms with Gasteiger partial charge in [0.05, 0.1) is 11.1 Å². The van der Waals surface area contributed by atoms with Crippen LogP contribution in [0.25, 0.3) is 0 Å². The van der Waals surface area contributed by atoms with Crippen molar-refractivity contribution >= 4 is 22.2 Å². The van der Waals surface area contributed by atoms with Crippen molar-refractivity contribution in [3.05, 3.63) is 27.7 Å². The van der Waals surface area contributed by atoms with Crippen molar-refractivity contribution in [2.45, 2.75) is 37.9 Å². The average Bonchev–Trinajstić information content (AvgIpc) is 2.82. The Hall–Kier alpha value is -0.870. The number of hydrogen-bond acceptors (Lipinski definition) is 3. The normalized spacial score (nSPS) is 25.8. The highest BCUT2D eigenvalue weighted by atomic mass is 79.9. The van der Waals surface area contributed by atoms with E-state index in [2.05, 4.69) is 15.9 Å². The van der Waals surface area contributed by atoms with Crippen LogP contribution in [0.3, 0.4) is 0 Å². The van der Waals surface area contributed by atoms with Crippen LogP contribution in [0.2, 0.25) is 0 Å². The van der Waals surface area contributed by atoms with Crippen molar-refractivity contribution in [2.24, 2.45) is 0 Å². The third-order valence-corrected chi connectivity index (χ3v) is 4.35. The molecular weight excluding hydrogens is 296 g/mol. The van der Waals surface area contributed by atoms with Gasteiger partial charge in [-0.15, -0.1) is 0 Å². The van der Waals surface area contributed by atoms with Crippen molar-refractivity contribution in [2.75, 3.05) is 6.61 Å². The highest BCUT2D eigenvalue weighted by Gasteiger charge is 2.41. The Bertz CT molecular complexity index is 478. The maximum absolute atomic E-state index is 10.7. The number of halogens is 1. The fraction of sp³-hybridized carbons (Fsp3) is 0.500. The minimum atomic E-state index is -0.421. The predicted octanol–water partition coefficient (Wildman–Crippen LogP) is 3.02. The summed E-state index contributed by atoms with van der Waals surface area (Å²) in [5.74, 6) is 0.442. The van der Waals surface area contributed by atoms with Gasteiger partial charge in [0.15, 0.2) is 0 Å². The first-order chi connectivity index (χ1) is 8.74. The largest absolute Gasteiger partial charge is 0.461 e. The summed E-state index contributed by atoms with van der Waals surface area (Å²) in [7, 11) is 0. The SMILES string of the molecule is O=CCc1ccc(Br)c2c1CCC1(CCCO1)O2. The van der Waals surface area contributed by atoms with Gasteiger partial charge in [-0.2, -0.15) is 0 Å². The molecule has 2 aliphatic rings. The van der Waals surface area contributed by atoms with Crippen LogP contribution in [-0.4, -0.2) is 18.7 Å². The lowest BCUT2D eigenvalue weighted by Crippen LogP contribution is -2.39. The van der Waals surface area contributed by atoms with Crippen LogP contribution in [0.4, 0.5) is 0 Å². The standard InChI is InChI=1S/C14H15BrO3/c15-12-3-2-10(5-8-16)11-4-7-14(18-13(11)12)6-1-9-17-14/h2-3,8H,1,4-7,9H2. The summed E-state index contributed by atoms with van der Waals surface area (Å²) >= 11 is 3.53. The monoisotopic (exact) mass is 310 g/mol. The molecule has 0 aromatic heterocycles. The number of carbonyl (C=O) groups excluding carboxylic acids is 1. The van der Waals surface area contributed by atoms with E-state index < -0.39 is 5.79 Å². The van der Waals surface area contributed by atoms with E-state index in [1.807, 2.05) is 12.1 Å². The molecule has 18 heavy (non-hydrogen) atoms. The van der Waals surface area contributed by atoms with E-state index in [0.717, 1.165) is 59.9 Å². The summed E-state index contributed by atoms with van der Waals surface area (Å²) in [5.41, 5.74) is 2.22. The van der Waals surface area contributed by atoms with E-state index >= 15 is 0 Å². The molecule has 0 aliphatic carbocycles. The number of ether oxygens (including phenoxy) is 2. The number of benzene rings is 1. The third kappa shape index (κ3) is 1.97. The Morgan fingerprint density at radius 3 is 3.00 bits per heavy atom. The molecule has 1 unspecified atom stereocenters. The van der Waals surface area contributed by atoms with Gasteiger partial charge in [-0.3, -0.25) is 0 Å². The van der Waals surface area contributed by atoms with Crippen LogP contribution in [0, 0.1) is 0 Å². The summed E-state index contributed by atoms with van der Waals surface area (Å²) in [6.07, 6.45) is 5.20. The van der Waals surface area contributed by atoms with Crippen LogP contribution >= 0.6 is 15.9 Å². The van der Waals surface area contributed by atoms with E-state index in [-0.39, 0.29) is 0 Å². The van der Waals surface area contributed by atoms with Gasteiger partial charge in [-0.25, -0.2) is 0 Å². The zero-order chi connectivity index (χ0) is 12.6. The molecule has 0 N–H and O–H groups in total. The first-order valence-corrected chi connectivity index (χ1v) is 7.10. The Balaban J connectivity index is 1.99. The Morgan fingerprint density at radius 2 is 2.28 bits per heavy atom. The Morgan fingerprint density at radius 1 is 1.39 bits per heavy atom. The molecule has 2 heterocycles. The zero-order valence-corrected chi connectivity index (χ0v) is 11.7. The van der Waals surface area contributed by atoms with E-state index in [0.29, 0.717) is 6.42 Å². The molecule has 4 heteroatoms. The summed E-state index contributed by atoms with van der Waals surface area (Å²) in [6.45, 7) is 0.779. The minimum absolute atomic E-state index is 0.421. The van der Waals surface area contributed by atoms with Gasteiger partial charge >= 0.3 is 0 Å². The highest BCUT2D eigenvalue weighted by molar-refractivity contribution is 9.10. The number of aldehydes is 1. The van der Waals surface area contributed by atoms with Crippen molar-refractivity contribution in [3.63, 3.8) is 0 Å². The fourth-order valence-corrected chi connectivity index (χ4v) is 3.26. The molecule has 1 fully saturated rings. The molecule has 0 saturated carbocycles. The van der Waals surface area contributed by atoms with Crippen LogP contribution in [-0.2, 0) is 22.4 Å². The molecule has 1 spiro atoms. The average molecular weight is 311 g/mol. The van der Waals surface area contributed by atoms with Gasteiger partial charge in [0.1, 0.15) is 12.0 Å². The molecule has 1 aromatic rings. The topological polar surface area (TPSA) is 35.5 Å². The lowest BCUT2D eigenvalue weighted by atomic mass is 9.93. The first-order valence-electron chi connectivity index (χ1n) is 6.31. The third-order valence-electron chi connectivity index (χ3n) is 3.72. The zero-order valence-electron chi connectivity index (χ0n) is 10.1. The maximum Gasteiger partial charge on any atom is 0.211 e. The molecule has 96 valence electrons. The maximum atomic E-state index is 10.7. The van der Waals surface area contributed by atoms with Gasteiger partial charge < -0.3 is 14.3 Å². The molecule has 3 rings (SSSR count). The number of rotatable bonds is 2. The van der Waals surface area contributed by atoms with Gasteiger partial charge in [0, 0.05) is 19.3 Å². The lowest BCUT2D eigenvalue weighted by Gasteiger charge is -2.35. The summed E-state index contributed by atoms with van der Waals surface area (Å²) < 4.78 is 12.8. The van der Waals surface area contributed by atoms with E-state index in [1.54, 1.807) is 0 Å². The number of fused-ring (bicyclic) bond motifs is 1. The molecule has 0 bridgehead atoms. The number of carbonyl (C=O) groups is 1. The molecule has 0 amide bonds. The lowest BCUT2D eigenvalue weighted by molar-refractivity contribution is -0.160. The van der Waals surface area contributed by atoms with Crippen LogP contribution in [0.15, 0.2) is 16.6 Å². The fourth-order valence-electron chi connectivity index (χ4n) is 2.81. The van der Waals surface area contributed by atoms with Crippen molar-refractivity contribution in [3.8, 4) is 5.75 Å². The summed E-state index contributed by atoms with van der Waals surface area (Å²) in [6, 6.07) is 3.94. The molecule has 2 aliphatic heterocycles. The van der Waals surface area contributed by atoms with Crippen LogP contribution < -0.4 is 4.74 Å². The first kappa shape index (κ1) is 12.2. The van der Waals surface area contributed by atoms with Gasteiger partial charge in [0.25, 0.3) is 0 Å². The molecule has 1 atom stereocenters. The van der Waals surface area contributed by atoms with Gasteiger partial charge in [-0.1, -0.05) is 6.07 Å². The van der Waals surface area contributed by atoms with E-state index in [9.17, 15) is 4.79 Å². The second-order valence-electron chi connectivity index (χ2n) is 4.85. The second kappa shape index (κ2) is 4.67. The van der Waals surface area contributed by atoms with Gasteiger partial charge in [0.2, 0.25) is 5.79 Å². The second-order valence-corrected chi connectivity index (χ2v) is 5.70. The molecular formula is C14H15BrO3. The quantitative estimate of drug-likeness (QED) is 0.788. The molecule has 1 aromatic carbocycles. The van der Waals surface area contributed by atoms with E-state index in [1.165, 1.54) is 0 Å². The van der Waals surface area contributed by atoms with Crippen LogP contribution in [0.1, 0.15) is 30.4 Å². The predicted molar refractivity (Wildman–Crippen MR) is 70.8 cm³/mol. The molecule has 3 nitrogen and oxygen atoms in total. The Kier molecular flexibility index (Phi) is 3.16. The van der Waals surface area contributed by atoms with Crippen molar-refractivity contribution in [1.29, 1.82) is 0 Å². The smallest absolute Gasteiger partial charge is 0.211 e. The molecule has 1 saturated heterocycles.